The van der Waals surface area contributed by atoms with Crippen molar-refractivity contribution in [1.29, 1.82) is 0 Å². The molecule has 7 heteroatoms. The lowest BCUT2D eigenvalue weighted by Gasteiger charge is -2.35. The first-order valence-corrected chi connectivity index (χ1v) is 9.21. The first-order chi connectivity index (χ1) is 13.0. The first kappa shape index (κ1) is 18.8. The molecule has 1 aliphatic rings. The molecule has 1 aliphatic heterocycles. The standard InChI is InChI=1S/C20H24N4O3/c1-16-5-7-17(8-6-16)3-2-4-20(25)23-13-11-22(12-14-23)18-9-10-19(21-15-18)24(26)27/h5-10,15H,2-4,11-14H2,1H3. The lowest BCUT2D eigenvalue weighted by atomic mass is 10.1. The van der Waals surface area contributed by atoms with Crippen molar-refractivity contribution in [3.63, 3.8) is 0 Å². The van der Waals surface area contributed by atoms with Crippen LogP contribution in [0.2, 0.25) is 0 Å². The van der Waals surface area contributed by atoms with Crippen LogP contribution in [0.25, 0.3) is 0 Å². The first-order valence-electron chi connectivity index (χ1n) is 9.21. The van der Waals surface area contributed by atoms with Crippen LogP contribution in [0.4, 0.5) is 11.5 Å². The number of carbonyl (C=O) groups is 1. The van der Waals surface area contributed by atoms with Crippen LogP contribution in [-0.2, 0) is 11.2 Å². The highest BCUT2D eigenvalue weighted by molar-refractivity contribution is 5.76. The number of nitrogens with zero attached hydrogens (tertiary/aromatic N) is 4. The summed E-state index contributed by atoms with van der Waals surface area (Å²) in [5.74, 6) is 0.0460. The minimum atomic E-state index is -0.503. The number of amides is 1. The molecule has 0 unspecified atom stereocenters. The van der Waals surface area contributed by atoms with Crippen molar-refractivity contribution in [3.05, 3.63) is 63.8 Å². The highest BCUT2D eigenvalue weighted by atomic mass is 16.6. The normalized spacial score (nSPS) is 14.3. The van der Waals surface area contributed by atoms with Gasteiger partial charge in [-0.2, -0.15) is 0 Å². The Morgan fingerprint density at radius 2 is 1.81 bits per heavy atom. The van der Waals surface area contributed by atoms with Gasteiger partial charge in [-0.25, -0.2) is 0 Å². The zero-order chi connectivity index (χ0) is 19.2. The summed E-state index contributed by atoms with van der Waals surface area (Å²) in [6.07, 6.45) is 3.86. The van der Waals surface area contributed by atoms with Gasteiger partial charge < -0.3 is 19.9 Å². The quantitative estimate of drug-likeness (QED) is 0.578. The lowest BCUT2D eigenvalue weighted by molar-refractivity contribution is -0.389. The van der Waals surface area contributed by atoms with E-state index in [0.717, 1.165) is 18.5 Å². The molecule has 1 aromatic heterocycles. The molecule has 1 fully saturated rings. The fraction of sp³-hybridized carbons (Fsp3) is 0.400. The van der Waals surface area contributed by atoms with Crippen LogP contribution in [0.5, 0.6) is 0 Å². The zero-order valence-electron chi connectivity index (χ0n) is 15.5. The van der Waals surface area contributed by atoms with Crippen LogP contribution >= 0.6 is 0 Å². The van der Waals surface area contributed by atoms with Gasteiger partial charge in [0.2, 0.25) is 5.91 Å². The summed E-state index contributed by atoms with van der Waals surface area (Å²) in [4.78, 5) is 30.5. The third kappa shape index (κ3) is 5.03. The molecule has 0 atom stereocenters. The topological polar surface area (TPSA) is 79.6 Å². The van der Waals surface area contributed by atoms with Crippen LogP contribution in [0.3, 0.4) is 0 Å². The molecule has 1 aromatic carbocycles. The van der Waals surface area contributed by atoms with Crippen molar-refractivity contribution in [3.8, 4) is 0 Å². The van der Waals surface area contributed by atoms with E-state index >= 15 is 0 Å². The second-order valence-electron chi connectivity index (χ2n) is 6.84. The minimum Gasteiger partial charge on any atom is -0.365 e. The fourth-order valence-corrected chi connectivity index (χ4v) is 3.24. The number of benzene rings is 1. The van der Waals surface area contributed by atoms with Gasteiger partial charge in [0.1, 0.15) is 0 Å². The third-order valence-corrected chi connectivity index (χ3v) is 4.89. The fourth-order valence-electron chi connectivity index (χ4n) is 3.24. The number of pyridine rings is 1. The van der Waals surface area contributed by atoms with Gasteiger partial charge in [-0.15, -0.1) is 0 Å². The largest absolute Gasteiger partial charge is 0.365 e. The number of hydrogen-bond acceptors (Lipinski definition) is 5. The van der Waals surface area contributed by atoms with Crippen molar-refractivity contribution in [2.45, 2.75) is 26.2 Å². The van der Waals surface area contributed by atoms with Gasteiger partial charge in [-0.1, -0.05) is 29.8 Å². The average Bonchev–Trinajstić information content (AvgIpc) is 2.69. The molecule has 7 nitrogen and oxygen atoms in total. The molecule has 1 saturated heterocycles. The summed E-state index contributed by atoms with van der Waals surface area (Å²) in [6, 6.07) is 11.6. The molecule has 0 radical (unpaired) electrons. The van der Waals surface area contributed by atoms with E-state index in [1.165, 1.54) is 23.4 Å². The van der Waals surface area contributed by atoms with Crippen LogP contribution in [0, 0.1) is 17.0 Å². The van der Waals surface area contributed by atoms with Crippen LogP contribution in [0.15, 0.2) is 42.6 Å². The van der Waals surface area contributed by atoms with Crippen molar-refractivity contribution < 1.29 is 9.72 Å². The maximum Gasteiger partial charge on any atom is 0.363 e. The maximum absolute atomic E-state index is 12.4. The van der Waals surface area contributed by atoms with E-state index in [0.29, 0.717) is 32.6 Å². The Morgan fingerprint density at radius 3 is 2.41 bits per heavy atom. The van der Waals surface area contributed by atoms with Gasteiger partial charge >= 0.3 is 5.82 Å². The number of anilines is 1. The summed E-state index contributed by atoms with van der Waals surface area (Å²) in [5.41, 5.74) is 3.37. The molecule has 0 N–H and O–H groups in total. The predicted octanol–water partition coefficient (Wildman–Crippen LogP) is 2.97. The smallest absolute Gasteiger partial charge is 0.363 e. The summed E-state index contributed by atoms with van der Waals surface area (Å²) >= 11 is 0. The summed E-state index contributed by atoms with van der Waals surface area (Å²) in [7, 11) is 0. The molecule has 0 saturated carbocycles. The number of rotatable bonds is 6. The molecule has 2 heterocycles. The van der Waals surface area contributed by atoms with E-state index in [4.69, 9.17) is 0 Å². The van der Waals surface area contributed by atoms with Crippen molar-refractivity contribution in [2.75, 3.05) is 31.1 Å². The summed E-state index contributed by atoms with van der Waals surface area (Å²) in [6.45, 7) is 4.83. The van der Waals surface area contributed by atoms with Crippen molar-refractivity contribution in [1.82, 2.24) is 9.88 Å². The number of nitro groups is 1. The molecule has 2 aromatic rings. The van der Waals surface area contributed by atoms with Crippen molar-refractivity contribution in [2.24, 2.45) is 0 Å². The highest BCUT2D eigenvalue weighted by Gasteiger charge is 2.22. The van der Waals surface area contributed by atoms with Crippen molar-refractivity contribution >= 4 is 17.4 Å². The molecule has 142 valence electrons. The number of aromatic nitrogens is 1. The van der Waals surface area contributed by atoms with E-state index in [2.05, 4.69) is 41.1 Å². The summed E-state index contributed by atoms with van der Waals surface area (Å²) < 4.78 is 0. The molecule has 0 spiro atoms. The van der Waals surface area contributed by atoms with E-state index in [9.17, 15) is 14.9 Å². The molecule has 27 heavy (non-hydrogen) atoms. The van der Waals surface area contributed by atoms with Crippen LogP contribution < -0.4 is 4.90 Å². The SMILES string of the molecule is Cc1ccc(CCCC(=O)N2CCN(c3ccc([N+](=O)[O-])nc3)CC2)cc1. The van der Waals surface area contributed by atoms with E-state index in [-0.39, 0.29) is 11.7 Å². The van der Waals surface area contributed by atoms with Crippen LogP contribution in [0.1, 0.15) is 24.0 Å². The van der Waals surface area contributed by atoms with Gasteiger partial charge in [-0.3, -0.25) is 4.79 Å². The Balaban J connectivity index is 1.43. The van der Waals surface area contributed by atoms with Gasteiger partial charge in [-0.05, 0) is 41.3 Å². The Morgan fingerprint density at radius 1 is 1.11 bits per heavy atom. The third-order valence-electron chi connectivity index (χ3n) is 4.89. The van der Waals surface area contributed by atoms with Gasteiger partial charge in [0.15, 0.2) is 6.20 Å². The van der Waals surface area contributed by atoms with Gasteiger partial charge in [0, 0.05) is 38.7 Å². The monoisotopic (exact) mass is 368 g/mol. The summed E-state index contributed by atoms with van der Waals surface area (Å²) in [5, 5.41) is 10.7. The molecule has 3 rings (SSSR count). The minimum absolute atomic E-state index is 0.152. The number of aryl methyl sites for hydroxylation is 2. The highest BCUT2D eigenvalue weighted by Crippen LogP contribution is 2.18. The molecular formula is C20H24N4O3. The number of carbonyl (C=O) groups excluding carboxylic acids is 1. The van der Waals surface area contributed by atoms with E-state index < -0.39 is 4.92 Å². The number of piperazine rings is 1. The molecule has 0 bridgehead atoms. The van der Waals surface area contributed by atoms with Gasteiger partial charge in [0.05, 0.1) is 5.69 Å². The Bertz CT molecular complexity index is 782. The second-order valence-corrected chi connectivity index (χ2v) is 6.84. The molecular weight excluding hydrogens is 344 g/mol. The van der Waals surface area contributed by atoms with Gasteiger partial charge in [0.25, 0.3) is 0 Å². The number of hydrogen-bond donors (Lipinski definition) is 0. The Labute approximate surface area is 158 Å². The second kappa shape index (κ2) is 8.62. The zero-order valence-corrected chi connectivity index (χ0v) is 15.5. The van der Waals surface area contributed by atoms with E-state index in [1.807, 2.05) is 4.90 Å². The molecule has 1 amide bonds. The van der Waals surface area contributed by atoms with Crippen LogP contribution in [-0.4, -0.2) is 46.9 Å². The maximum atomic E-state index is 12.4. The Kier molecular flexibility index (Phi) is 6.01. The average molecular weight is 368 g/mol. The van der Waals surface area contributed by atoms with E-state index in [1.54, 1.807) is 6.07 Å². The predicted molar refractivity (Wildman–Crippen MR) is 104 cm³/mol. The molecule has 0 aliphatic carbocycles. The lowest BCUT2D eigenvalue weighted by Crippen LogP contribution is -2.48. The Hall–Kier alpha value is -2.96.